The quantitative estimate of drug-likeness (QED) is 0.133. The molecule has 10 aromatic carbocycles. The maximum Gasteiger partial charge on any atom is 0.0561 e. The number of hydrogen-bond acceptors (Lipinski definition) is 3. The van der Waals surface area contributed by atoms with Crippen LogP contribution in [0.15, 0.2) is 286 Å². The molecule has 0 bridgehead atoms. The van der Waals surface area contributed by atoms with Crippen molar-refractivity contribution in [2.45, 2.75) is 11.8 Å². The molecule has 0 amide bonds. The highest BCUT2D eigenvalue weighted by atomic mass is 32.1. The fourth-order valence-electron chi connectivity index (χ4n) is 12.2. The van der Waals surface area contributed by atoms with Crippen molar-refractivity contribution in [1.29, 1.82) is 0 Å². The lowest BCUT2D eigenvalue weighted by Gasteiger charge is -2.39. The van der Waals surface area contributed by atoms with E-state index in [-0.39, 0.29) is 11.3 Å². The fourth-order valence-corrected chi connectivity index (χ4v) is 13.3. The van der Waals surface area contributed by atoms with Crippen LogP contribution in [0.3, 0.4) is 0 Å². The van der Waals surface area contributed by atoms with Gasteiger partial charge in [0.15, 0.2) is 0 Å². The van der Waals surface area contributed by atoms with Gasteiger partial charge in [0, 0.05) is 53.9 Å². The minimum atomic E-state index is -0.313. The van der Waals surface area contributed by atoms with E-state index in [0.29, 0.717) is 0 Å². The highest BCUT2D eigenvalue weighted by Crippen LogP contribution is 2.59. The van der Waals surface area contributed by atoms with Gasteiger partial charge in [-0.15, -0.1) is 11.3 Å². The highest BCUT2D eigenvalue weighted by molar-refractivity contribution is 7.26. The van der Waals surface area contributed by atoms with Gasteiger partial charge in [0.1, 0.15) is 0 Å². The summed E-state index contributed by atoms with van der Waals surface area (Å²) in [5.41, 5.74) is 18.3. The Morgan fingerprint density at radius 2 is 1.14 bits per heavy atom. The number of para-hydroxylation sites is 3. The molecule has 2 aliphatic carbocycles. The van der Waals surface area contributed by atoms with Crippen LogP contribution in [0.2, 0.25) is 0 Å². The Morgan fingerprint density at radius 3 is 1.92 bits per heavy atom. The summed E-state index contributed by atoms with van der Waals surface area (Å²) in [6, 6.07) is 83.6. The number of rotatable bonds is 9. The Labute approximate surface area is 437 Å². The second kappa shape index (κ2) is 18.9. The van der Waals surface area contributed by atoms with Gasteiger partial charge in [0.05, 0.1) is 16.8 Å². The molecule has 0 fully saturated rings. The maximum absolute atomic E-state index is 3.46. The molecule has 74 heavy (non-hydrogen) atoms. The number of fused-ring (bicyclic) bond motifs is 9. The SMILES string of the molecule is C1=CCC(C2(c3ccccc3)c3ccccc3-c3cc(N(c4ccccc4)c4cccc(-c5ccc6sc7cc8c9c(cccc9c7c6c5)-c5ccccc5N8c5ccccc5)c4)ccc32)C=C1.C=C/C=C\C=C. The lowest BCUT2D eigenvalue weighted by atomic mass is 9.62. The predicted molar refractivity (Wildman–Crippen MR) is 318 cm³/mol. The highest BCUT2D eigenvalue weighted by Gasteiger charge is 2.49. The van der Waals surface area contributed by atoms with Crippen molar-refractivity contribution in [1.82, 2.24) is 0 Å². The van der Waals surface area contributed by atoms with E-state index in [2.05, 4.69) is 272 Å². The van der Waals surface area contributed by atoms with Gasteiger partial charge in [-0.05, 0) is 135 Å². The first kappa shape index (κ1) is 44.9. The number of thiophene rings is 1. The largest absolute Gasteiger partial charge is 0.310 e. The molecule has 0 N–H and O–H groups in total. The maximum atomic E-state index is 3.46. The third-order valence-corrected chi connectivity index (χ3v) is 16.3. The van der Waals surface area contributed by atoms with Crippen molar-refractivity contribution in [3.05, 3.63) is 303 Å². The van der Waals surface area contributed by atoms with Gasteiger partial charge in [-0.25, -0.2) is 0 Å². The van der Waals surface area contributed by atoms with Gasteiger partial charge in [0.2, 0.25) is 0 Å². The molecule has 0 saturated heterocycles. The van der Waals surface area contributed by atoms with Crippen LogP contribution in [0.1, 0.15) is 23.1 Å². The number of anilines is 6. The lowest BCUT2D eigenvalue weighted by Crippen LogP contribution is -2.35. The molecule has 0 radical (unpaired) electrons. The first-order valence-corrected chi connectivity index (χ1v) is 26.3. The van der Waals surface area contributed by atoms with Crippen molar-refractivity contribution in [3.63, 3.8) is 0 Å². The number of hydrogen-bond donors (Lipinski definition) is 0. The van der Waals surface area contributed by atoms with Crippen LogP contribution in [0, 0.1) is 5.92 Å². The van der Waals surface area contributed by atoms with Crippen LogP contribution in [0.5, 0.6) is 0 Å². The minimum Gasteiger partial charge on any atom is -0.310 e. The predicted octanol–water partition coefficient (Wildman–Crippen LogP) is 20.2. The molecule has 0 spiro atoms. The van der Waals surface area contributed by atoms with E-state index in [1.165, 1.54) is 98.1 Å². The van der Waals surface area contributed by atoms with E-state index in [4.69, 9.17) is 0 Å². The average Bonchev–Trinajstić information content (AvgIpc) is 4.00. The summed E-state index contributed by atoms with van der Waals surface area (Å²) in [5, 5.41) is 5.22. The first-order valence-electron chi connectivity index (χ1n) is 25.5. The smallest absolute Gasteiger partial charge is 0.0561 e. The van der Waals surface area contributed by atoms with Gasteiger partial charge in [-0.1, -0.05) is 213 Å². The van der Waals surface area contributed by atoms with Gasteiger partial charge >= 0.3 is 0 Å². The van der Waals surface area contributed by atoms with Crippen LogP contribution >= 0.6 is 11.3 Å². The standard InChI is InChI=1S/C65H44N2S.C6H8/c1-5-20-45(21-6-1)65(46-22-7-2-8-23-46)57-33-15-13-29-51(57)55-41-50(36-37-58(55)65)66(47-24-9-3-10-25-47)49-28-17-19-43(39-49)44-35-38-61-56(40-44)64-54-32-18-31-53-52-30-14-16-34-59(52)67(48-26-11-4-12-27-48)60(63(53)54)42-62(64)68-61;1-3-5-6-4-2/h1-22,24-42,46H,23H2;3-6H,1-2H2/b;6-5-. The zero-order valence-corrected chi connectivity index (χ0v) is 41.8. The Balaban J connectivity index is 0.000000834. The summed E-state index contributed by atoms with van der Waals surface area (Å²) in [4.78, 5) is 4.89. The summed E-state index contributed by atoms with van der Waals surface area (Å²) in [6.07, 6.45) is 17.2. The molecule has 2 nitrogen and oxygen atoms in total. The van der Waals surface area contributed by atoms with Crippen molar-refractivity contribution >= 4 is 76.4 Å². The topological polar surface area (TPSA) is 6.48 Å². The van der Waals surface area contributed by atoms with E-state index in [0.717, 1.165) is 23.5 Å². The molecular weight excluding hydrogens is 913 g/mol. The zero-order chi connectivity index (χ0) is 49.6. The number of benzene rings is 10. The van der Waals surface area contributed by atoms with Crippen molar-refractivity contribution in [2.24, 2.45) is 5.92 Å². The summed E-state index contributed by atoms with van der Waals surface area (Å²) >= 11 is 1.89. The van der Waals surface area contributed by atoms with Crippen molar-refractivity contribution in [3.8, 4) is 33.4 Å². The molecule has 3 heteroatoms. The summed E-state index contributed by atoms with van der Waals surface area (Å²) in [5.74, 6) is 0.280. The minimum absolute atomic E-state index is 0.280. The summed E-state index contributed by atoms with van der Waals surface area (Å²) < 4.78 is 2.59. The van der Waals surface area contributed by atoms with Crippen LogP contribution < -0.4 is 9.80 Å². The third-order valence-electron chi connectivity index (χ3n) is 15.2. The normalized spacial score (nSPS) is 15.9. The van der Waals surface area contributed by atoms with E-state index >= 15 is 0 Å². The Kier molecular flexibility index (Phi) is 11.4. The third kappa shape index (κ3) is 7.31. The van der Waals surface area contributed by atoms with Gasteiger partial charge in [-0.3, -0.25) is 0 Å². The van der Waals surface area contributed by atoms with E-state index in [1.54, 1.807) is 12.2 Å². The Morgan fingerprint density at radius 1 is 0.473 bits per heavy atom. The van der Waals surface area contributed by atoms with Crippen molar-refractivity contribution < 1.29 is 0 Å². The molecule has 352 valence electrons. The van der Waals surface area contributed by atoms with Crippen molar-refractivity contribution in [2.75, 3.05) is 9.80 Å². The second-order valence-electron chi connectivity index (χ2n) is 19.2. The van der Waals surface area contributed by atoms with Crippen LogP contribution in [-0.2, 0) is 5.41 Å². The number of nitrogens with zero attached hydrogens (tertiary/aromatic N) is 2. The molecule has 3 aliphatic rings. The molecular formula is C71H52N2S. The molecule has 14 rings (SSSR count). The average molecular weight is 965 g/mol. The first-order chi connectivity index (χ1) is 36.6. The molecule has 1 aliphatic heterocycles. The van der Waals surface area contributed by atoms with E-state index in [1.807, 2.05) is 23.5 Å². The van der Waals surface area contributed by atoms with E-state index < -0.39 is 0 Å². The summed E-state index contributed by atoms with van der Waals surface area (Å²) in [7, 11) is 0. The second-order valence-corrected chi connectivity index (χ2v) is 20.3. The monoisotopic (exact) mass is 964 g/mol. The van der Waals surface area contributed by atoms with E-state index in [9.17, 15) is 0 Å². The van der Waals surface area contributed by atoms with Crippen LogP contribution in [0.25, 0.3) is 64.3 Å². The molecule has 2 heterocycles. The summed E-state index contributed by atoms with van der Waals surface area (Å²) in [6.45, 7) is 6.93. The van der Waals surface area contributed by atoms with Crippen LogP contribution in [0.4, 0.5) is 34.1 Å². The number of allylic oxidation sites excluding steroid dienone is 8. The van der Waals surface area contributed by atoms with Gasteiger partial charge in [0.25, 0.3) is 0 Å². The Bertz CT molecular complexity index is 4040. The van der Waals surface area contributed by atoms with Crippen LogP contribution in [-0.4, -0.2) is 0 Å². The zero-order valence-electron chi connectivity index (χ0n) is 41.0. The molecule has 1 aromatic heterocycles. The van der Waals surface area contributed by atoms with Gasteiger partial charge < -0.3 is 9.80 Å². The molecule has 11 aromatic rings. The fraction of sp³-hybridized carbons (Fsp3) is 0.0423. The lowest BCUT2D eigenvalue weighted by molar-refractivity contribution is 0.457. The molecule has 2 unspecified atom stereocenters. The van der Waals surface area contributed by atoms with Gasteiger partial charge in [-0.2, -0.15) is 0 Å². The molecule has 0 saturated carbocycles. The molecule has 2 atom stereocenters. The Hall–Kier alpha value is -9.02.